The number of aliphatic hydroxyl groups is 1. The van der Waals surface area contributed by atoms with Gasteiger partial charge in [-0.3, -0.25) is 14.5 Å². The number of Topliss-reactive ketones (excluding diaryl/α,β-unsaturated/α-hetero) is 1. The van der Waals surface area contributed by atoms with E-state index in [0.717, 1.165) is 11.0 Å². The fourth-order valence-corrected chi connectivity index (χ4v) is 3.96. The number of anilines is 1. The Labute approximate surface area is 192 Å². The van der Waals surface area contributed by atoms with Gasteiger partial charge in [0.1, 0.15) is 17.4 Å². The summed E-state index contributed by atoms with van der Waals surface area (Å²) in [6.07, 6.45) is 0. The van der Waals surface area contributed by atoms with Crippen molar-refractivity contribution in [1.29, 1.82) is 0 Å². The minimum absolute atomic E-state index is 0.00171. The summed E-state index contributed by atoms with van der Waals surface area (Å²) in [6.45, 7) is 1.49. The highest BCUT2D eigenvalue weighted by Gasteiger charge is 2.47. The molecule has 0 bridgehead atoms. The van der Waals surface area contributed by atoms with Crippen LogP contribution < -0.4 is 4.90 Å². The molecule has 0 aliphatic carbocycles. The lowest BCUT2D eigenvalue weighted by Crippen LogP contribution is -2.29. The van der Waals surface area contributed by atoms with Crippen LogP contribution in [0.3, 0.4) is 0 Å². The number of aliphatic hydroxyl groups excluding tert-OH is 1. The third kappa shape index (κ3) is 3.66. The number of hydrogen-bond donors (Lipinski definition) is 1. The fraction of sp³-hybridized carbons (Fsp3) is 0.0833. The zero-order valence-electron chi connectivity index (χ0n) is 16.6. The molecule has 1 N–H and O–H groups in total. The molecule has 3 aromatic carbocycles. The van der Waals surface area contributed by atoms with E-state index in [-0.39, 0.29) is 38.0 Å². The molecule has 32 heavy (non-hydrogen) atoms. The number of nitrogens with zero attached hydrogens (tertiary/aromatic N) is 1. The summed E-state index contributed by atoms with van der Waals surface area (Å²) in [5.74, 6) is -3.70. The standard InChI is InChI=1S/C24H15Cl2F2NO3/c1-12-10-13(6-9-18(12)27)22(30)20-21(15-4-2-3-5-19(15)28)29(24(32)23(20)31)14-7-8-16(25)17(26)11-14/h2-11,21,30H,1H3/b22-20+. The number of carbonyl (C=O) groups is 2. The second-order valence-corrected chi connectivity index (χ2v) is 8.07. The van der Waals surface area contributed by atoms with E-state index in [0.29, 0.717) is 0 Å². The predicted octanol–water partition coefficient (Wildman–Crippen LogP) is 6.21. The van der Waals surface area contributed by atoms with Gasteiger partial charge in [-0.15, -0.1) is 0 Å². The Bertz CT molecular complexity index is 1310. The normalized spacial score (nSPS) is 17.8. The molecule has 162 valence electrons. The topological polar surface area (TPSA) is 57.6 Å². The van der Waals surface area contributed by atoms with E-state index >= 15 is 0 Å². The average Bonchev–Trinajstić information content (AvgIpc) is 3.02. The molecule has 4 rings (SSSR count). The molecule has 1 fully saturated rings. The van der Waals surface area contributed by atoms with Crippen LogP contribution in [0.1, 0.15) is 22.7 Å². The van der Waals surface area contributed by atoms with Crippen LogP contribution >= 0.6 is 23.2 Å². The van der Waals surface area contributed by atoms with Crippen molar-refractivity contribution < 1.29 is 23.5 Å². The number of aryl methyl sites for hydroxylation is 1. The average molecular weight is 474 g/mol. The zero-order valence-corrected chi connectivity index (χ0v) is 18.1. The number of carbonyl (C=O) groups excluding carboxylic acids is 2. The summed E-state index contributed by atoms with van der Waals surface area (Å²) in [5.41, 5.74) is 0.229. The van der Waals surface area contributed by atoms with Gasteiger partial charge in [0.2, 0.25) is 0 Å². The van der Waals surface area contributed by atoms with Crippen molar-refractivity contribution in [3.8, 4) is 0 Å². The van der Waals surface area contributed by atoms with E-state index in [9.17, 15) is 23.5 Å². The summed E-state index contributed by atoms with van der Waals surface area (Å²) >= 11 is 12.1. The molecule has 3 aromatic rings. The molecule has 0 spiro atoms. The second kappa shape index (κ2) is 8.37. The van der Waals surface area contributed by atoms with Crippen LogP contribution in [0.25, 0.3) is 5.76 Å². The first-order valence-corrected chi connectivity index (χ1v) is 10.2. The Hall–Kier alpha value is -3.22. The first-order chi connectivity index (χ1) is 15.2. The van der Waals surface area contributed by atoms with E-state index in [1.54, 1.807) is 6.07 Å². The van der Waals surface area contributed by atoms with Crippen LogP contribution in [0.15, 0.2) is 66.2 Å². The third-order valence-electron chi connectivity index (χ3n) is 5.26. The minimum Gasteiger partial charge on any atom is -0.507 e. The molecule has 1 amide bonds. The molecule has 1 heterocycles. The van der Waals surface area contributed by atoms with Gasteiger partial charge >= 0.3 is 0 Å². The Morgan fingerprint density at radius 1 is 0.938 bits per heavy atom. The SMILES string of the molecule is Cc1cc(/C(O)=C2\C(=O)C(=O)N(c3ccc(Cl)c(Cl)c3)C2c2ccccc2F)ccc1F. The Kier molecular flexibility index (Phi) is 5.75. The highest BCUT2D eigenvalue weighted by Crippen LogP contribution is 2.44. The summed E-state index contributed by atoms with van der Waals surface area (Å²) in [7, 11) is 0. The summed E-state index contributed by atoms with van der Waals surface area (Å²) in [4.78, 5) is 27.1. The Balaban J connectivity index is 1.99. The van der Waals surface area contributed by atoms with Crippen LogP contribution in [0.5, 0.6) is 0 Å². The molecule has 4 nitrogen and oxygen atoms in total. The highest BCUT2D eigenvalue weighted by molar-refractivity contribution is 6.52. The number of benzene rings is 3. The van der Waals surface area contributed by atoms with Crippen molar-refractivity contribution >= 4 is 46.3 Å². The molecule has 0 saturated carbocycles. The van der Waals surface area contributed by atoms with Crippen LogP contribution in [-0.2, 0) is 9.59 Å². The van der Waals surface area contributed by atoms with Gasteiger partial charge in [-0.1, -0.05) is 41.4 Å². The van der Waals surface area contributed by atoms with Gasteiger partial charge in [-0.2, -0.15) is 0 Å². The quantitative estimate of drug-likeness (QED) is 0.279. The molecule has 1 aliphatic rings. The van der Waals surface area contributed by atoms with Gasteiger partial charge in [-0.05, 0) is 55.0 Å². The smallest absolute Gasteiger partial charge is 0.300 e. The summed E-state index contributed by atoms with van der Waals surface area (Å²) < 4.78 is 28.6. The van der Waals surface area contributed by atoms with Crippen LogP contribution in [0, 0.1) is 18.6 Å². The van der Waals surface area contributed by atoms with E-state index in [1.165, 1.54) is 55.5 Å². The highest BCUT2D eigenvalue weighted by atomic mass is 35.5. The number of ketones is 1. The Morgan fingerprint density at radius 3 is 2.31 bits per heavy atom. The number of halogens is 4. The minimum atomic E-state index is -1.28. The van der Waals surface area contributed by atoms with Crippen molar-refractivity contribution in [2.24, 2.45) is 0 Å². The molecule has 8 heteroatoms. The number of rotatable bonds is 3. The van der Waals surface area contributed by atoms with Crippen LogP contribution in [0.4, 0.5) is 14.5 Å². The lowest BCUT2D eigenvalue weighted by Gasteiger charge is -2.26. The van der Waals surface area contributed by atoms with Crippen LogP contribution in [-0.4, -0.2) is 16.8 Å². The molecule has 1 saturated heterocycles. The molecular weight excluding hydrogens is 459 g/mol. The van der Waals surface area contributed by atoms with E-state index < -0.39 is 35.1 Å². The molecule has 0 radical (unpaired) electrons. The monoisotopic (exact) mass is 473 g/mol. The molecule has 1 atom stereocenters. The number of hydrogen-bond acceptors (Lipinski definition) is 3. The maximum atomic E-state index is 14.8. The van der Waals surface area contributed by atoms with Gasteiger partial charge in [0, 0.05) is 16.8 Å². The van der Waals surface area contributed by atoms with Gasteiger partial charge in [-0.25, -0.2) is 8.78 Å². The van der Waals surface area contributed by atoms with Crippen molar-refractivity contribution in [2.75, 3.05) is 4.90 Å². The van der Waals surface area contributed by atoms with Crippen molar-refractivity contribution in [3.63, 3.8) is 0 Å². The van der Waals surface area contributed by atoms with Crippen LogP contribution in [0.2, 0.25) is 10.0 Å². The third-order valence-corrected chi connectivity index (χ3v) is 6.00. The van der Waals surface area contributed by atoms with Crippen molar-refractivity contribution in [2.45, 2.75) is 13.0 Å². The van der Waals surface area contributed by atoms with E-state index in [2.05, 4.69) is 0 Å². The van der Waals surface area contributed by atoms with Crippen molar-refractivity contribution in [3.05, 3.63) is 105 Å². The summed E-state index contributed by atoms with van der Waals surface area (Å²) in [5, 5.41) is 11.4. The molecule has 1 unspecified atom stereocenters. The fourth-order valence-electron chi connectivity index (χ4n) is 3.67. The van der Waals surface area contributed by atoms with Gasteiger partial charge in [0.15, 0.2) is 0 Å². The van der Waals surface area contributed by atoms with E-state index in [1.807, 2.05) is 0 Å². The second-order valence-electron chi connectivity index (χ2n) is 7.25. The van der Waals surface area contributed by atoms with Crippen molar-refractivity contribution in [1.82, 2.24) is 0 Å². The molecule has 1 aliphatic heterocycles. The van der Waals surface area contributed by atoms with E-state index in [4.69, 9.17) is 23.2 Å². The number of amides is 1. The maximum Gasteiger partial charge on any atom is 0.300 e. The zero-order chi connectivity index (χ0) is 23.2. The lowest BCUT2D eigenvalue weighted by molar-refractivity contribution is -0.132. The first-order valence-electron chi connectivity index (χ1n) is 9.47. The molecule has 0 aromatic heterocycles. The van der Waals surface area contributed by atoms with Gasteiger partial charge < -0.3 is 5.11 Å². The Morgan fingerprint density at radius 2 is 1.66 bits per heavy atom. The summed E-state index contributed by atoms with van der Waals surface area (Å²) in [6, 6.07) is 12.4. The molecular formula is C24H15Cl2F2NO3. The largest absolute Gasteiger partial charge is 0.507 e. The lowest BCUT2D eigenvalue weighted by atomic mass is 9.94. The maximum absolute atomic E-state index is 14.8. The first kappa shape index (κ1) is 22.0. The predicted molar refractivity (Wildman–Crippen MR) is 119 cm³/mol. The van der Waals surface area contributed by atoms with Gasteiger partial charge in [0.05, 0.1) is 21.7 Å². The van der Waals surface area contributed by atoms with Gasteiger partial charge in [0.25, 0.3) is 11.7 Å².